The Morgan fingerprint density at radius 3 is 2.38 bits per heavy atom. The van der Waals surface area contributed by atoms with E-state index in [0.29, 0.717) is 5.92 Å². The van der Waals surface area contributed by atoms with Crippen LogP contribution < -0.4 is 0 Å². The number of benzene rings is 1. The maximum atomic E-state index is 10.3. The van der Waals surface area contributed by atoms with Crippen LogP contribution in [0.1, 0.15) is 41.9 Å². The van der Waals surface area contributed by atoms with E-state index in [2.05, 4.69) is 19.2 Å². The number of thiophene rings is 1. The first-order valence-corrected chi connectivity index (χ1v) is 6.38. The molecule has 84 valence electrons. The Morgan fingerprint density at radius 1 is 1.06 bits per heavy atom. The van der Waals surface area contributed by atoms with Crippen molar-refractivity contribution in [2.24, 2.45) is 0 Å². The Bertz CT molecular complexity index is 445. The highest BCUT2D eigenvalue weighted by molar-refractivity contribution is 7.10. The molecule has 16 heavy (non-hydrogen) atoms. The summed E-state index contributed by atoms with van der Waals surface area (Å²) in [7, 11) is 0. The van der Waals surface area contributed by atoms with Crippen molar-refractivity contribution in [1.29, 1.82) is 0 Å². The summed E-state index contributed by atoms with van der Waals surface area (Å²) in [5, 5.41) is 12.4. The van der Waals surface area contributed by atoms with E-state index in [-0.39, 0.29) is 0 Å². The molecule has 0 bridgehead atoms. The molecule has 1 aromatic carbocycles. The minimum absolute atomic E-state index is 0.466. The molecule has 2 aromatic rings. The fraction of sp³-hybridized carbons (Fsp3) is 0.286. The lowest BCUT2D eigenvalue weighted by molar-refractivity contribution is 0.219. The second-order valence-electron chi connectivity index (χ2n) is 4.21. The van der Waals surface area contributed by atoms with Gasteiger partial charge in [0.15, 0.2) is 0 Å². The van der Waals surface area contributed by atoms with Crippen molar-refractivity contribution in [2.45, 2.75) is 25.9 Å². The van der Waals surface area contributed by atoms with Gasteiger partial charge in [0.2, 0.25) is 0 Å². The third-order valence-corrected chi connectivity index (χ3v) is 3.89. The SMILES string of the molecule is CC(C)c1sccc1C(O)c1ccccc1. The normalized spacial score (nSPS) is 13.0. The minimum Gasteiger partial charge on any atom is -0.384 e. The molecule has 1 unspecified atom stereocenters. The molecule has 0 radical (unpaired) electrons. The molecule has 0 spiro atoms. The zero-order valence-corrected chi connectivity index (χ0v) is 10.4. The fourth-order valence-corrected chi connectivity index (χ4v) is 2.79. The molecule has 1 atom stereocenters. The molecule has 0 saturated carbocycles. The summed E-state index contributed by atoms with van der Waals surface area (Å²) in [6.07, 6.45) is -0.496. The highest BCUT2D eigenvalue weighted by atomic mass is 32.1. The van der Waals surface area contributed by atoms with Crippen LogP contribution in [0.2, 0.25) is 0 Å². The van der Waals surface area contributed by atoms with Crippen LogP contribution in [0.5, 0.6) is 0 Å². The average Bonchev–Trinajstić information content (AvgIpc) is 2.78. The van der Waals surface area contributed by atoms with Gasteiger partial charge < -0.3 is 5.11 Å². The lowest BCUT2D eigenvalue weighted by atomic mass is 9.98. The summed E-state index contributed by atoms with van der Waals surface area (Å²) < 4.78 is 0. The van der Waals surface area contributed by atoms with E-state index >= 15 is 0 Å². The van der Waals surface area contributed by atoms with Crippen LogP contribution >= 0.6 is 11.3 Å². The van der Waals surface area contributed by atoms with E-state index in [9.17, 15) is 5.11 Å². The highest BCUT2D eigenvalue weighted by Crippen LogP contribution is 2.33. The monoisotopic (exact) mass is 232 g/mol. The molecule has 1 heterocycles. The third kappa shape index (κ3) is 2.18. The summed E-state index contributed by atoms with van der Waals surface area (Å²) in [5.41, 5.74) is 2.01. The molecule has 1 nitrogen and oxygen atoms in total. The lowest BCUT2D eigenvalue weighted by Crippen LogP contribution is -2.01. The summed E-state index contributed by atoms with van der Waals surface area (Å²) in [6.45, 7) is 4.32. The molecule has 0 aliphatic heterocycles. The summed E-state index contributed by atoms with van der Waals surface area (Å²) in [4.78, 5) is 1.27. The zero-order valence-electron chi connectivity index (χ0n) is 9.55. The predicted octanol–water partition coefficient (Wildman–Crippen LogP) is 3.95. The van der Waals surface area contributed by atoms with Crippen LogP contribution in [0.3, 0.4) is 0 Å². The smallest absolute Gasteiger partial charge is 0.105 e. The van der Waals surface area contributed by atoms with Crippen LogP contribution in [0.4, 0.5) is 0 Å². The maximum absolute atomic E-state index is 10.3. The number of aliphatic hydroxyl groups is 1. The predicted molar refractivity (Wildman–Crippen MR) is 68.9 cm³/mol. The Kier molecular flexibility index (Phi) is 3.42. The second kappa shape index (κ2) is 4.81. The van der Waals surface area contributed by atoms with Gasteiger partial charge in [0.25, 0.3) is 0 Å². The van der Waals surface area contributed by atoms with Gasteiger partial charge in [-0.05, 0) is 28.5 Å². The Balaban J connectivity index is 2.34. The van der Waals surface area contributed by atoms with Crippen molar-refractivity contribution in [1.82, 2.24) is 0 Å². The van der Waals surface area contributed by atoms with Gasteiger partial charge in [-0.15, -0.1) is 11.3 Å². The van der Waals surface area contributed by atoms with Gasteiger partial charge in [0, 0.05) is 4.88 Å². The van der Waals surface area contributed by atoms with Gasteiger partial charge in [-0.2, -0.15) is 0 Å². The van der Waals surface area contributed by atoms with Crippen molar-refractivity contribution >= 4 is 11.3 Å². The number of aliphatic hydroxyl groups excluding tert-OH is 1. The molecule has 0 amide bonds. The average molecular weight is 232 g/mol. The fourth-order valence-electron chi connectivity index (χ4n) is 1.84. The molecular weight excluding hydrogens is 216 g/mol. The van der Waals surface area contributed by atoms with Crippen LogP contribution in [-0.2, 0) is 0 Å². The summed E-state index contributed by atoms with van der Waals surface area (Å²) in [5.74, 6) is 0.466. The van der Waals surface area contributed by atoms with Crippen LogP contribution in [-0.4, -0.2) is 5.11 Å². The Morgan fingerprint density at radius 2 is 1.75 bits per heavy atom. The van der Waals surface area contributed by atoms with Gasteiger partial charge in [-0.25, -0.2) is 0 Å². The van der Waals surface area contributed by atoms with Gasteiger partial charge in [-0.3, -0.25) is 0 Å². The first kappa shape index (κ1) is 11.4. The van der Waals surface area contributed by atoms with Crippen LogP contribution in [0.25, 0.3) is 0 Å². The summed E-state index contributed by atoms with van der Waals surface area (Å²) >= 11 is 1.72. The molecule has 1 N–H and O–H groups in total. The van der Waals surface area contributed by atoms with E-state index in [1.165, 1.54) is 4.88 Å². The van der Waals surface area contributed by atoms with Gasteiger partial charge in [0.05, 0.1) is 0 Å². The molecule has 0 saturated heterocycles. The largest absolute Gasteiger partial charge is 0.384 e. The van der Waals surface area contributed by atoms with Crippen LogP contribution in [0.15, 0.2) is 41.8 Å². The van der Waals surface area contributed by atoms with E-state index in [1.54, 1.807) is 11.3 Å². The zero-order chi connectivity index (χ0) is 11.5. The van der Waals surface area contributed by atoms with Crippen molar-refractivity contribution < 1.29 is 5.11 Å². The van der Waals surface area contributed by atoms with Gasteiger partial charge in [-0.1, -0.05) is 44.2 Å². The number of hydrogen-bond acceptors (Lipinski definition) is 2. The standard InChI is InChI=1S/C14H16OS/c1-10(2)14-12(8-9-16-14)13(15)11-6-4-3-5-7-11/h3-10,13,15H,1-2H3. The molecule has 0 aliphatic carbocycles. The molecular formula is C14H16OS. The van der Waals surface area contributed by atoms with Crippen molar-refractivity contribution in [3.8, 4) is 0 Å². The van der Waals surface area contributed by atoms with E-state index in [4.69, 9.17) is 0 Å². The number of rotatable bonds is 3. The van der Waals surface area contributed by atoms with E-state index in [0.717, 1.165) is 11.1 Å². The molecule has 2 rings (SSSR count). The van der Waals surface area contributed by atoms with Crippen molar-refractivity contribution in [3.63, 3.8) is 0 Å². The third-order valence-electron chi connectivity index (χ3n) is 2.66. The summed E-state index contributed by atoms with van der Waals surface area (Å²) in [6, 6.07) is 11.8. The highest BCUT2D eigenvalue weighted by Gasteiger charge is 2.16. The topological polar surface area (TPSA) is 20.2 Å². The minimum atomic E-state index is -0.496. The van der Waals surface area contributed by atoms with Gasteiger partial charge >= 0.3 is 0 Å². The van der Waals surface area contributed by atoms with Crippen molar-refractivity contribution in [3.05, 3.63) is 57.8 Å². The quantitative estimate of drug-likeness (QED) is 0.849. The Labute approximate surface area is 100 Å². The van der Waals surface area contributed by atoms with Crippen LogP contribution in [0, 0.1) is 0 Å². The van der Waals surface area contributed by atoms with Crippen molar-refractivity contribution in [2.75, 3.05) is 0 Å². The lowest BCUT2D eigenvalue weighted by Gasteiger charge is -2.13. The van der Waals surface area contributed by atoms with E-state index in [1.807, 2.05) is 36.4 Å². The Hall–Kier alpha value is -1.12. The maximum Gasteiger partial charge on any atom is 0.105 e. The van der Waals surface area contributed by atoms with E-state index < -0.39 is 6.10 Å². The molecule has 2 heteroatoms. The van der Waals surface area contributed by atoms with Gasteiger partial charge in [0.1, 0.15) is 6.10 Å². The first-order chi connectivity index (χ1) is 7.70. The number of hydrogen-bond donors (Lipinski definition) is 1. The molecule has 0 aliphatic rings. The molecule has 0 fully saturated rings. The molecule has 1 aromatic heterocycles. The second-order valence-corrected chi connectivity index (χ2v) is 5.16. The first-order valence-electron chi connectivity index (χ1n) is 5.50.